The van der Waals surface area contributed by atoms with Crippen molar-refractivity contribution in [1.29, 1.82) is 0 Å². The maximum absolute atomic E-state index is 12.4. The van der Waals surface area contributed by atoms with E-state index in [1.807, 2.05) is 25.1 Å². The molecule has 0 spiro atoms. The summed E-state index contributed by atoms with van der Waals surface area (Å²) in [6.45, 7) is 7.39. The first kappa shape index (κ1) is 14.5. The molecule has 3 rings (SSSR count). The minimum atomic E-state index is 0.241. The predicted molar refractivity (Wildman–Crippen MR) is 79.1 cm³/mol. The largest absolute Gasteiger partial charge is 0.379 e. The molecule has 2 fully saturated rings. The molecule has 2 aliphatic heterocycles. The van der Waals surface area contributed by atoms with Crippen molar-refractivity contribution in [2.45, 2.75) is 19.3 Å². The van der Waals surface area contributed by atoms with Gasteiger partial charge in [-0.3, -0.25) is 9.69 Å². The number of rotatable bonds is 3. The molecule has 0 aliphatic carbocycles. The topological polar surface area (TPSA) is 50.6 Å². The van der Waals surface area contributed by atoms with Gasteiger partial charge in [-0.1, -0.05) is 0 Å². The standard InChI is InChI=1S/C15H24N4O2/c1-12-9-17(2)15(16-12)13-3-4-19(10-13)14(20)11-18-5-7-21-8-6-18/h9,13H,3-8,10-11H2,1-2H3/t13-/m0/s1. The van der Waals surface area contributed by atoms with Gasteiger partial charge < -0.3 is 14.2 Å². The van der Waals surface area contributed by atoms with E-state index in [4.69, 9.17) is 4.74 Å². The molecule has 1 amide bonds. The van der Waals surface area contributed by atoms with Crippen molar-refractivity contribution in [3.8, 4) is 0 Å². The van der Waals surface area contributed by atoms with Gasteiger partial charge >= 0.3 is 0 Å². The van der Waals surface area contributed by atoms with Gasteiger partial charge in [0.2, 0.25) is 5.91 Å². The van der Waals surface area contributed by atoms with Crippen molar-refractivity contribution in [3.05, 3.63) is 17.7 Å². The maximum atomic E-state index is 12.4. The van der Waals surface area contributed by atoms with Gasteiger partial charge in [0.1, 0.15) is 5.82 Å². The summed E-state index contributed by atoms with van der Waals surface area (Å²) >= 11 is 0. The van der Waals surface area contributed by atoms with Crippen LogP contribution in [-0.2, 0) is 16.6 Å². The number of hydrogen-bond acceptors (Lipinski definition) is 4. The highest BCUT2D eigenvalue weighted by Crippen LogP contribution is 2.26. The molecule has 21 heavy (non-hydrogen) atoms. The van der Waals surface area contributed by atoms with Crippen molar-refractivity contribution in [2.75, 3.05) is 45.9 Å². The number of amides is 1. The Morgan fingerprint density at radius 1 is 1.38 bits per heavy atom. The number of aryl methyl sites for hydroxylation is 2. The summed E-state index contributed by atoms with van der Waals surface area (Å²) in [6.07, 6.45) is 3.06. The van der Waals surface area contributed by atoms with E-state index in [0.29, 0.717) is 12.5 Å². The van der Waals surface area contributed by atoms with Crippen LogP contribution in [0.15, 0.2) is 6.20 Å². The van der Waals surface area contributed by atoms with E-state index in [0.717, 1.165) is 57.3 Å². The zero-order chi connectivity index (χ0) is 14.8. The third-order valence-electron chi connectivity index (χ3n) is 4.40. The summed E-state index contributed by atoms with van der Waals surface area (Å²) in [5, 5.41) is 0. The summed E-state index contributed by atoms with van der Waals surface area (Å²) in [4.78, 5) is 21.2. The Labute approximate surface area is 125 Å². The Balaban J connectivity index is 1.56. The SMILES string of the molecule is Cc1cn(C)c([C@H]2CCN(C(=O)CN3CCOCC3)C2)n1. The molecule has 2 saturated heterocycles. The fourth-order valence-corrected chi connectivity index (χ4v) is 3.26. The molecule has 1 aromatic heterocycles. The van der Waals surface area contributed by atoms with Crippen molar-refractivity contribution in [1.82, 2.24) is 19.4 Å². The molecule has 6 nitrogen and oxygen atoms in total. The highest BCUT2D eigenvalue weighted by atomic mass is 16.5. The molecule has 2 aliphatic rings. The molecule has 0 unspecified atom stereocenters. The van der Waals surface area contributed by atoms with Gasteiger partial charge in [-0.2, -0.15) is 0 Å². The van der Waals surface area contributed by atoms with E-state index < -0.39 is 0 Å². The summed E-state index contributed by atoms with van der Waals surface area (Å²) in [7, 11) is 2.04. The fraction of sp³-hybridized carbons (Fsp3) is 0.733. The van der Waals surface area contributed by atoms with E-state index >= 15 is 0 Å². The number of carbonyl (C=O) groups is 1. The molecule has 1 aromatic rings. The quantitative estimate of drug-likeness (QED) is 0.808. The summed E-state index contributed by atoms with van der Waals surface area (Å²) in [5.41, 5.74) is 1.05. The highest BCUT2D eigenvalue weighted by Gasteiger charge is 2.30. The van der Waals surface area contributed by atoms with Crippen molar-refractivity contribution in [2.24, 2.45) is 7.05 Å². The average molecular weight is 292 g/mol. The normalized spacial score (nSPS) is 23.7. The summed E-state index contributed by atoms with van der Waals surface area (Å²) in [6, 6.07) is 0. The maximum Gasteiger partial charge on any atom is 0.236 e. The molecule has 0 saturated carbocycles. The van der Waals surface area contributed by atoms with Crippen LogP contribution in [0.5, 0.6) is 0 Å². The minimum Gasteiger partial charge on any atom is -0.379 e. The van der Waals surface area contributed by atoms with E-state index in [1.54, 1.807) is 0 Å². The van der Waals surface area contributed by atoms with Crippen LogP contribution in [0, 0.1) is 6.92 Å². The molecule has 0 N–H and O–H groups in total. The number of carbonyl (C=O) groups excluding carboxylic acids is 1. The lowest BCUT2D eigenvalue weighted by atomic mass is 10.1. The monoisotopic (exact) mass is 292 g/mol. The summed E-state index contributed by atoms with van der Waals surface area (Å²) in [5.74, 6) is 1.72. The number of likely N-dealkylation sites (tertiary alicyclic amines) is 1. The average Bonchev–Trinajstić information content (AvgIpc) is 3.06. The van der Waals surface area contributed by atoms with Gasteiger partial charge in [0.25, 0.3) is 0 Å². The van der Waals surface area contributed by atoms with Gasteiger partial charge in [0.15, 0.2) is 0 Å². The van der Waals surface area contributed by atoms with Crippen LogP contribution in [-0.4, -0.2) is 71.2 Å². The molecule has 116 valence electrons. The lowest BCUT2D eigenvalue weighted by Gasteiger charge is -2.28. The molecule has 3 heterocycles. The second kappa shape index (κ2) is 6.15. The number of morpholine rings is 1. The van der Waals surface area contributed by atoms with E-state index in [-0.39, 0.29) is 5.91 Å². The first-order valence-corrected chi connectivity index (χ1v) is 7.71. The van der Waals surface area contributed by atoms with Crippen LogP contribution in [0.25, 0.3) is 0 Å². The van der Waals surface area contributed by atoms with Gasteiger partial charge in [0.05, 0.1) is 25.5 Å². The van der Waals surface area contributed by atoms with Gasteiger partial charge in [-0.05, 0) is 13.3 Å². The number of aromatic nitrogens is 2. The second-order valence-electron chi connectivity index (χ2n) is 6.07. The van der Waals surface area contributed by atoms with Gasteiger partial charge in [0, 0.05) is 45.3 Å². The number of imidazole rings is 1. The Hall–Kier alpha value is -1.40. The molecule has 0 aromatic carbocycles. The fourth-order valence-electron chi connectivity index (χ4n) is 3.26. The Morgan fingerprint density at radius 3 is 2.81 bits per heavy atom. The lowest BCUT2D eigenvalue weighted by molar-refractivity contribution is -0.132. The first-order valence-electron chi connectivity index (χ1n) is 7.71. The molecule has 6 heteroatoms. The predicted octanol–water partition coefficient (Wildman–Crippen LogP) is 0.377. The van der Waals surface area contributed by atoms with Gasteiger partial charge in [-0.25, -0.2) is 4.98 Å². The number of hydrogen-bond donors (Lipinski definition) is 0. The zero-order valence-corrected chi connectivity index (χ0v) is 12.9. The van der Waals surface area contributed by atoms with E-state index in [1.165, 1.54) is 0 Å². The molecular weight excluding hydrogens is 268 g/mol. The van der Waals surface area contributed by atoms with Crippen LogP contribution >= 0.6 is 0 Å². The van der Waals surface area contributed by atoms with Crippen LogP contribution < -0.4 is 0 Å². The molecule has 0 bridgehead atoms. The number of ether oxygens (including phenoxy) is 1. The van der Waals surface area contributed by atoms with Crippen molar-refractivity contribution >= 4 is 5.91 Å². The molecule has 0 radical (unpaired) electrons. The lowest BCUT2D eigenvalue weighted by Crippen LogP contribution is -2.44. The Morgan fingerprint density at radius 2 is 2.14 bits per heavy atom. The Kier molecular flexibility index (Phi) is 4.26. The third kappa shape index (κ3) is 3.27. The smallest absolute Gasteiger partial charge is 0.236 e. The second-order valence-corrected chi connectivity index (χ2v) is 6.07. The van der Waals surface area contributed by atoms with E-state index in [9.17, 15) is 4.79 Å². The minimum absolute atomic E-state index is 0.241. The number of nitrogens with zero attached hydrogens (tertiary/aromatic N) is 4. The zero-order valence-electron chi connectivity index (χ0n) is 12.9. The van der Waals surface area contributed by atoms with Crippen molar-refractivity contribution in [3.63, 3.8) is 0 Å². The van der Waals surface area contributed by atoms with E-state index in [2.05, 4.69) is 14.5 Å². The summed E-state index contributed by atoms with van der Waals surface area (Å²) < 4.78 is 7.41. The first-order chi connectivity index (χ1) is 10.1. The van der Waals surface area contributed by atoms with Crippen LogP contribution in [0.3, 0.4) is 0 Å². The van der Waals surface area contributed by atoms with Crippen molar-refractivity contribution < 1.29 is 9.53 Å². The van der Waals surface area contributed by atoms with Gasteiger partial charge in [-0.15, -0.1) is 0 Å². The molecule has 1 atom stereocenters. The van der Waals surface area contributed by atoms with Crippen LogP contribution in [0.1, 0.15) is 23.9 Å². The third-order valence-corrected chi connectivity index (χ3v) is 4.40. The van der Waals surface area contributed by atoms with Crippen LogP contribution in [0.2, 0.25) is 0 Å². The molecular formula is C15H24N4O2. The Bertz CT molecular complexity index is 508. The highest BCUT2D eigenvalue weighted by molar-refractivity contribution is 5.78. The van der Waals surface area contributed by atoms with Crippen LogP contribution in [0.4, 0.5) is 0 Å².